The molecule has 1 aromatic rings. The molecule has 1 atom stereocenters. The van der Waals surface area contributed by atoms with Crippen LogP contribution in [0.1, 0.15) is 46.0 Å². The Hall–Kier alpha value is -1.22. The van der Waals surface area contributed by atoms with Gasteiger partial charge in [-0.3, -0.25) is 4.79 Å². The number of unbranched alkanes of at least 4 members (excludes halogenated alkanes) is 3. The van der Waals surface area contributed by atoms with Gasteiger partial charge in [0.05, 0.1) is 0 Å². The summed E-state index contributed by atoms with van der Waals surface area (Å²) < 4.78 is 0. The molecule has 0 aromatic heterocycles. The van der Waals surface area contributed by atoms with Gasteiger partial charge in [0.1, 0.15) is 5.54 Å². The standard InChI is InChI=1S/C15H23ClN2O/c1-3-4-5-6-10-15(2,14(17)19)18-13-9-7-8-12(16)11-13/h7-9,11,18H,3-6,10H2,1-2H3,(H2,17,19). The Morgan fingerprint density at radius 2 is 2.11 bits per heavy atom. The minimum atomic E-state index is -0.724. The fourth-order valence-corrected chi connectivity index (χ4v) is 2.23. The van der Waals surface area contributed by atoms with Gasteiger partial charge in [-0.1, -0.05) is 50.3 Å². The van der Waals surface area contributed by atoms with Gasteiger partial charge in [-0.15, -0.1) is 0 Å². The van der Waals surface area contributed by atoms with Crippen molar-refractivity contribution in [1.82, 2.24) is 0 Å². The van der Waals surface area contributed by atoms with Crippen molar-refractivity contribution in [2.45, 2.75) is 51.5 Å². The van der Waals surface area contributed by atoms with E-state index in [-0.39, 0.29) is 5.91 Å². The molecule has 3 N–H and O–H groups in total. The van der Waals surface area contributed by atoms with Crippen LogP contribution in [0.4, 0.5) is 5.69 Å². The van der Waals surface area contributed by atoms with Gasteiger partial charge in [-0.2, -0.15) is 0 Å². The summed E-state index contributed by atoms with van der Waals surface area (Å²) in [5.74, 6) is -0.330. The molecule has 0 saturated carbocycles. The highest BCUT2D eigenvalue weighted by atomic mass is 35.5. The highest BCUT2D eigenvalue weighted by molar-refractivity contribution is 6.30. The van der Waals surface area contributed by atoms with Crippen molar-refractivity contribution in [3.63, 3.8) is 0 Å². The van der Waals surface area contributed by atoms with E-state index in [0.29, 0.717) is 5.02 Å². The molecule has 1 aromatic carbocycles. The number of carbonyl (C=O) groups is 1. The van der Waals surface area contributed by atoms with Crippen molar-refractivity contribution >= 4 is 23.2 Å². The molecular weight excluding hydrogens is 260 g/mol. The molecular formula is C15H23ClN2O. The first-order valence-corrected chi connectivity index (χ1v) is 7.19. The quantitative estimate of drug-likeness (QED) is 0.709. The number of primary amides is 1. The first-order chi connectivity index (χ1) is 8.98. The van der Waals surface area contributed by atoms with Crippen molar-refractivity contribution < 1.29 is 4.79 Å². The lowest BCUT2D eigenvalue weighted by molar-refractivity contribution is -0.122. The molecule has 1 rings (SSSR count). The largest absolute Gasteiger partial charge is 0.371 e. The first kappa shape index (κ1) is 15.8. The summed E-state index contributed by atoms with van der Waals surface area (Å²) in [4.78, 5) is 11.7. The minimum Gasteiger partial charge on any atom is -0.371 e. The Balaban J connectivity index is 2.68. The number of anilines is 1. The summed E-state index contributed by atoms with van der Waals surface area (Å²) in [6.45, 7) is 4.01. The van der Waals surface area contributed by atoms with Crippen LogP contribution in [-0.4, -0.2) is 11.4 Å². The number of amides is 1. The van der Waals surface area contributed by atoms with Crippen molar-refractivity contribution in [3.05, 3.63) is 29.3 Å². The van der Waals surface area contributed by atoms with E-state index in [1.807, 2.05) is 19.1 Å². The van der Waals surface area contributed by atoms with E-state index in [1.54, 1.807) is 12.1 Å². The van der Waals surface area contributed by atoms with Crippen molar-refractivity contribution in [1.29, 1.82) is 0 Å². The monoisotopic (exact) mass is 282 g/mol. The Morgan fingerprint density at radius 1 is 1.37 bits per heavy atom. The average molecular weight is 283 g/mol. The van der Waals surface area contributed by atoms with Gasteiger partial charge in [0, 0.05) is 10.7 Å². The van der Waals surface area contributed by atoms with Gasteiger partial charge >= 0.3 is 0 Å². The zero-order valence-corrected chi connectivity index (χ0v) is 12.5. The van der Waals surface area contributed by atoms with E-state index < -0.39 is 5.54 Å². The van der Waals surface area contributed by atoms with Crippen LogP contribution in [0.15, 0.2) is 24.3 Å². The van der Waals surface area contributed by atoms with Gasteiger partial charge in [0.2, 0.25) is 5.91 Å². The first-order valence-electron chi connectivity index (χ1n) is 6.81. The SMILES string of the molecule is CCCCCCC(C)(Nc1cccc(Cl)c1)C(N)=O. The molecule has 0 bridgehead atoms. The highest BCUT2D eigenvalue weighted by Gasteiger charge is 2.30. The fourth-order valence-electron chi connectivity index (χ4n) is 2.04. The van der Waals surface area contributed by atoms with E-state index in [9.17, 15) is 4.79 Å². The second-order valence-electron chi connectivity index (χ2n) is 5.14. The molecule has 0 aliphatic heterocycles. The Kier molecular flexibility index (Phi) is 6.16. The van der Waals surface area contributed by atoms with Crippen LogP contribution >= 0.6 is 11.6 Å². The number of rotatable bonds is 8. The van der Waals surface area contributed by atoms with E-state index in [0.717, 1.165) is 24.9 Å². The Labute approximate surface area is 120 Å². The van der Waals surface area contributed by atoms with E-state index in [2.05, 4.69) is 12.2 Å². The molecule has 0 fully saturated rings. The number of benzene rings is 1. The van der Waals surface area contributed by atoms with Crippen LogP contribution in [0.2, 0.25) is 5.02 Å². The number of hydrogen-bond donors (Lipinski definition) is 2. The van der Waals surface area contributed by atoms with Crippen LogP contribution < -0.4 is 11.1 Å². The molecule has 0 aliphatic carbocycles. The second kappa shape index (κ2) is 7.39. The maximum Gasteiger partial charge on any atom is 0.242 e. The second-order valence-corrected chi connectivity index (χ2v) is 5.58. The smallest absolute Gasteiger partial charge is 0.242 e. The van der Waals surface area contributed by atoms with Crippen LogP contribution in [0.3, 0.4) is 0 Å². The third-order valence-electron chi connectivity index (χ3n) is 3.32. The number of halogens is 1. The third-order valence-corrected chi connectivity index (χ3v) is 3.55. The highest BCUT2D eigenvalue weighted by Crippen LogP contribution is 2.23. The summed E-state index contributed by atoms with van der Waals surface area (Å²) in [6.07, 6.45) is 5.20. The Bertz CT molecular complexity index is 422. The van der Waals surface area contributed by atoms with E-state index >= 15 is 0 Å². The summed E-state index contributed by atoms with van der Waals surface area (Å²) in [6, 6.07) is 7.34. The fraction of sp³-hybridized carbons (Fsp3) is 0.533. The van der Waals surface area contributed by atoms with Gasteiger partial charge in [0.15, 0.2) is 0 Å². The Morgan fingerprint density at radius 3 is 2.68 bits per heavy atom. The topological polar surface area (TPSA) is 55.1 Å². The number of carbonyl (C=O) groups excluding carboxylic acids is 1. The van der Waals surface area contributed by atoms with Gasteiger partial charge in [0.25, 0.3) is 0 Å². The van der Waals surface area contributed by atoms with Gasteiger partial charge < -0.3 is 11.1 Å². The zero-order chi connectivity index (χ0) is 14.3. The summed E-state index contributed by atoms with van der Waals surface area (Å²) in [7, 11) is 0. The number of nitrogens with one attached hydrogen (secondary N) is 1. The van der Waals surface area contributed by atoms with Gasteiger partial charge in [-0.05, 0) is 31.5 Å². The molecule has 0 aliphatic rings. The lowest BCUT2D eigenvalue weighted by atomic mass is 9.93. The molecule has 106 valence electrons. The molecule has 4 heteroatoms. The zero-order valence-electron chi connectivity index (χ0n) is 11.7. The van der Waals surface area contributed by atoms with E-state index in [4.69, 9.17) is 17.3 Å². The predicted octanol–water partition coefficient (Wildman–Crippen LogP) is 3.97. The third kappa shape index (κ3) is 5.11. The maximum absolute atomic E-state index is 11.7. The van der Waals surface area contributed by atoms with Crippen molar-refractivity contribution in [3.8, 4) is 0 Å². The molecule has 1 unspecified atom stereocenters. The average Bonchev–Trinajstić information content (AvgIpc) is 2.34. The minimum absolute atomic E-state index is 0.330. The molecule has 0 heterocycles. The van der Waals surface area contributed by atoms with Crippen LogP contribution in [0.25, 0.3) is 0 Å². The van der Waals surface area contributed by atoms with Crippen LogP contribution in [0.5, 0.6) is 0 Å². The van der Waals surface area contributed by atoms with Crippen molar-refractivity contribution in [2.75, 3.05) is 5.32 Å². The molecule has 19 heavy (non-hydrogen) atoms. The van der Waals surface area contributed by atoms with Crippen molar-refractivity contribution in [2.24, 2.45) is 5.73 Å². The molecule has 3 nitrogen and oxygen atoms in total. The lowest BCUT2D eigenvalue weighted by Crippen LogP contribution is -2.47. The number of hydrogen-bond acceptors (Lipinski definition) is 2. The normalized spacial score (nSPS) is 13.8. The molecule has 0 saturated heterocycles. The van der Waals surface area contributed by atoms with Crippen LogP contribution in [0, 0.1) is 0 Å². The molecule has 1 amide bonds. The van der Waals surface area contributed by atoms with Crippen LogP contribution in [-0.2, 0) is 4.79 Å². The predicted molar refractivity (Wildman–Crippen MR) is 81.4 cm³/mol. The lowest BCUT2D eigenvalue weighted by Gasteiger charge is -2.28. The van der Waals surface area contributed by atoms with Gasteiger partial charge in [-0.25, -0.2) is 0 Å². The summed E-state index contributed by atoms with van der Waals surface area (Å²) in [5.41, 5.74) is 5.64. The molecule has 0 radical (unpaired) electrons. The number of nitrogens with two attached hydrogens (primary N) is 1. The van der Waals surface area contributed by atoms with E-state index in [1.165, 1.54) is 12.8 Å². The summed E-state index contributed by atoms with van der Waals surface area (Å²) >= 11 is 5.94. The molecule has 0 spiro atoms. The summed E-state index contributed by atoms with van der Waals surface area (Å²) in [5, 5.41) is 3.86. The maximum atomic E-state index is 11.7.